The van der Waals surface area contributed by atoms with Crippen molar-refractivity contribution >= 4 is 11.6 Å². The highest BCUT2D eigenvalue weighted by molar-refractivity contribution is 5.51. The van der Waals surface area contributed by atoms with Crippen LogP contribution in [0.1, 0.15) is 28.4 Å². The largest absolute Gasteiger partial charge is 0.374 e. The zero-order chi connectivity index (χ0) is 27.1. The van der Waals surface area contributed by atoms with E-state index in [1.165, 1.54) is 10.8 Å². The first-order chi connectivity index (χ1) is 19.8. The highest BCUT2D eigenvalue weighted by Gasteiger charge is 2.48. The molecule has 40 heavy (non-hydrogen) atoms. The van der Waals surface area contributed by atoms with Gasteiger partial charge in [0.05, 0.1) is 32.6 Å². The minimum atomic E-state index is -0.512. The first kappa shape index (κ1) is 26.1. The van der Waals surface area contributed by atoms with Crippen LogP contribution in [0.4, 0.5) is 5.95 Å². The summed E-state index contributed by atoms with van der Waals surface area (Å²) < 4.78 is 27.5. The Morgan fingerprint density at radius 2 is 1.30 bits per heavy atom. The maximum absolute atomic E-state index is 6.66. The number of anilines is 1. The van der Waals surface area contributed by atoms with E-state index < -0.39 is 24.4 Å². The molecule has 2 N–H and O–H groups in total. The van der Waals surface area contributed by atoms with Gasteiger partial charge in [0.2, 0.25) is 5.95 Å². The van der Waals surface area contributed by atoms with Crippen molar-refractivity contribution in [2.24, 2.45) is 0 Å². The van der Waals surface area contributed by atoms with E-state index in [4.69, 9.17) is 24.7 Å². The van der Waals surface area contributed by atoms with Gasteiger partial charge in [-0.1, -0.05) is 91.0 Å². The lowest BCUT2D eigenvalue weighted by Gasteiger charge is -2.25. The molecular weight excluding hydrogens is 506 g/mol. The Bertz CT molecular complexity index is 1500. The average Bonchev–Trinajstić information content (AvgIpc) is 3.58. The molecule has 2 aromatic heterocycles. The molecule has 6 rings (SSSR count). The molecule has 5 aromatic rings. The summed E-state index contributed by atoms with van der Waals surface area (Å²) in [5.74, 6) is 0.246. The Morgan fingerprint density at radius 1 is 0.725 bits per heavy atom. The van der Waals surface area contributed by atoms with Crippen molar-refractivity contribution in [2.45, 2.75) is 44.2 Å². The Morgan fingerprint density at radius 3 is 1.93 bits per heavy atom. The van der Waals surface area contributed by atoms with Gasteiger partial charge in [-0.15, -0.1) is 0 Å². The minimum Gasteiger partial charge on any atom is -0.374 e. The van der Waals surface area contributed by atoms with Gasteiger partial charge in [0.15, 0.2) is 5.65 Å². The highest BCUT2D eigenvalue weighted by Crippen LogP contribution is 2.39. The Labute approximate surface area is 232 Å². The van der Waals surface area contributed by atoms with Gasteiger partial charge in [0.25, 0.3) is 0 Å². The summed E-state index contributed by atoms with van der Waals surface area (Å²) in [7, 11) is 0. The van der Waals surface area contributed by atoms with Crippen molar-refractivity contribution < 1.29 is 18.9 Å². The monoisotopic (exact) mass is 537 g/mol. The maximum atomic E-state index is 6.66. The SMILES string of the molecule is Nc1ncnc2c([C@@H]3O[C@H](COCc4ccccc4)[C@@H](OCc4ccccc4)[C@H]3OCc3ccccc3)cnn12. The van der Waals surface area contributed by atoms with E-state index >= 15 is 0 Å². The molecule has 0 unspecified atom stereocenters. The number of ether oxygens (including phenoxy) is 4. The minimum absolute atomic E-state index is 0.246. The first-order valence-corrected chi connectivity index (χ1v) is 13.3. The third kappa shape index (κ3) is 5.88. The molecule has 0 spiro atoms. The summed E-state index contributed by atoms with van der Waals surface area (Å²) >= 11 is 0. The number of nitrogens with zero attached hydrogens (tertiary/aromatic N) is 4. The fraction of sp³-hybridized carbons (Fsp3) is 0.258. The Balaban J connectivity index is 1.29. The van der Waals surface area contributed by atoms with Crippen LogP contribution in [0.2, 0.25) is 0 Å². The predicted molar refractivity (Wildman–Crippen MR) is 149 cm³/mol. The van der Waals surface area contributed by atoms with Gasteiger partial charge in [0.1, 0.15) is 30.7 Å². The van der Waals surface area contributed by atoms with Crippen LogP contribution in [-0.4, -0.2) is 44.5 Å². The van der Waals surface area contributed by atoms with Crippen LogP contribution in [-0.2, 0) is 38.8 Å². The summed E-state index contributed by atoms with van der Waals surface area (Å²) in [6, 6.07) is 30.2. The molecule has 3 aromatic carbocycles. The average molecular weight is 538 g/mol. The van der Waals surface area contributed by atoms with Gasteiger partial charge < -0.3 is 24.7 Å². The van der Waals surface area contributed by atoms with Crippen LogP contribution >= 0.6 is 0 Å². The quantitative estimate of drug-likeness (QED) is 0.262. The van der Waals surface area contributed by atoms with Gasteiger partial charge >= 0.3 is 0 Å². The van der Waals surface area contributed by atoms with Crippen molar-refractivity contribution in [3.05, 3.63) is 126 Å². The summed E-state index contributed by atoms with van der Waals surface area (Å²) in [6.45, 7) is 1.59. The lowest BCUT2D eigenvalue weighted by atomic mass is 10.0. The molecule has 0 aliphatic carbocycles. The zero-order valence-corrected chi connectivity index (χ0v) is 22.0. The van der Waals surface area contributed by atoms with Crippen LogP contribution in [0.5, 0.6) is 0 Å². The first-order valence-electron chi connectivity index (χ1n) is 13.3. The number of aromatic nitrogens is 4. The molecule has 0 amide bonds. The van der Waals surface area contributed by atoms with Gasteiger partial charge in [-0.2, -0.15) is 9.61 Å². The molecule has 204 valence electrons. The predicted octanol–water partition coefficient (Wildman–Crippen LogP) is 4.53. The number of benzene rings is 3. The van der Waals surface area contributed by atoms with Crippen LogP contribution in [0.25, 0.3) is 5.65 Å². The highest BCUT2D eigenvalue weighted by atomic mass is 16.6. The number of hydrogen-bond donors (Lipinski definition) is 1. The molecule has 1 saturated heterocycles. The molecule has 0 saturated carbocycles. The van der Waals surface area contributed by atoms with E-state index in [2.05, 4.69) is 15.1 Å². The third-order valence-electron chi connectivity index (χ3n) is 6.94. The van der Waals surface area contributed by atoms with Crippen molar-refractivity contribution in [2.75, 3.05) is 12.3 Å². The normalized spacial score (nSPS) is 20.7. The van der Waals surface area contributed by atoms with Crippen LogP contribution in [0.3, 0.4) is 0 Å². The lowest BCUT2D eigenvalue weighted by molar-refractivity contribution is -0.0898. The number of nitrogen functional groups attached to an aromatic ring is 1. The number of rotatable bonds is 11. The van der Waals surface area contributed by atoms with E-state index in [-0.39, 0.29) is 5.95 Å². The topological polar surface area (TPSA) is 106 Å². The van der Waals surface area contributed by atoms with Gasteiger partial charge in [0, 0.05) is 5.56 Å². The van der Waals surface area contributed by atoms with Crippen molar-refractivity contribution in [1.82, 2.24) is 19.6 Å². The van der Waals surface area contributed by atoms with E-state index in [0.717, 1.165) is 22.3 Å². The summed E-state index contributed by atoms with van der Waals surface area (Å²) in [4.78, 5) is 8.50. The fourth-order valence-electron chi connectivity index (χ4n) is 4.95. The van der Waals surface area contributed by atoms with Crippen LogP contribution < -0.4 is 5.73 Å². The number of nitrogens with two attached hydrogens (primary N) is 1. The molecule has 1 aliphatic heterocycles. The Kier molecular flexibility index (Phi) is 8.06. The summed E-state index contributed by atoms with van der Waals surface area (Å²) in [5.41, 5.74) is 10.6. The number of fused-ring (bicyclic) bond motifs is 1. The molecule has 0 radical (unpaired) electrons. The Hall–Kier alpha value is -4.15. The lowest BCUT2D eigenvalue weighted by Crippen LogP contribution is -2.37. The molecule has 0 bridgehead atoms. The van der Waals surface area contributed by atoms with E-state index in [1.54, 1.807) is 6.20 Å². The second kappa shape index (κ2) is 12.4. The number of hydrogen-bond acceptors (Lipinski definition) is 8. The standard InChI is InChI=1S/C31H31N5O4/c32-31-34-21-33-30-25(16-35-36(30)31)27-29(39-19-24-14-8-3-9-15-24)28(38-18-23-12-6-2-7-13-23)26(40-27)20-37-17-22-10-4-1-5-11-22/h1-16,21,26-29H,17-20H2,(H2,32,33,34)/t26-,27+,28-,29+/m1/s1. The zero-order valence-electron chi connectivity index (χ0n) is 22.0. The molecule has 9 nitrogen and oxygen atoms in total. The maximum Gasteiger partial charge on any atom is 0.224 e. The molecule has 1 aliphatic rings. The summed E-state index contributed by atoms with van der Waals surface area (Å²) in [5, 5.41) is 4.42. The van der Waals surface area contributed by atoms with Crippen molar-refractivity contribution in [3.63, 3.8) is 0 Å². The second-order valence-corrected chi connectivity index (χ2v) is 9.69. The molecule has 9 heteroatoms. The van der Waals surface area contributed by atoms with Crippen LogP contribution in [0, 0.1) is 0 Å². The fourth-order valence-corrected chi connectivity index (χ4v) is 4.95. The van der Waals surface area contributed by atoms with Gasteiger partial charge in [-0.3, -0.25) is 0 Å². The molecule has 4 atom stereocenters. The summed E-state index contributed by atoms with van der Waals surface area (Å²) in [6.07, 6.45) is 1.35. The third-order valence-corrected chi connectivity index (χ3v) is 6.94. The molecular formula is C31H31N5O4. The van der Waals surface area contributed by atoms with Crippen molar-refractivity contribution in [3.8, 4) is 0 Å². The molecule has 3 heterocycles. The van der Waals surface area contributed by atoms with Crippen LogP contribution in [0.15, 0.2) is 104 Å². The van der Waals surface area contributed by atoms with Crippen molar-refractivity contribution in [1.29, 1.82) is 0 Å². The van der Waals surface area contributed by atoms with Gasteiger partial charge in [-0.05, 0) is 16.7 Å². The van der Waals surface area contributed by atoms with E-state index in [1.807, 2.05) is 91.0 Å². The van der Waals surface area contributed by atoms with E-state index in [9.17, 15) is 0 Å². The smallest absolute Gasteiger partial charge is 0.224 e. The van der Waals surface area contributed by atoms with Gasteiger partial charge in [-0.25, -0.2) is 9.97 Å². The second-order valence-electron chi connectivity index (χ2n) is 9.69. The molecule has 1 fully saturated rings. The van der Waals surface area contributed by atoms with E-state index in [0.29, 0.717) is 32.1 Å².